The normalized spacial score (nSPS) is 16.1. The minimum absolute atomic E-state index is 0.0000600. The molecule has 4 aromatic heterocycles. The first kappa shape index (κ1) is 68.3. The summed E-state index contributed by atoms with van der Waals surface area (Å²) in [5, 5.41) is 6.55. The van der Waals surface area contributed by atoms with E-state index in [1.165, 1.54) is 17.1 Å². The van der Waals surface area contributed by atoms with Gasteiger partial charge in [-0.15, -0.1) is 0 Å². The Bertz CT molecular complexity index is 3330. The molecule has 2 N–H and O–H groups in total. The van der Waals surface area contributed by atoms with Gasteiger partial charge in [-0.25, -0.2) is 0 Å². The van der Waals surface area contributed by atoms with Crippen LogP contribution in [0.15, 0.2) is 176 Å². The van der Waals surface area contributed by atoms with Crippen LogP contribution in [0.25, 0.3) is 0 Å². The van der Waals surface area contributed by atoms with Crippen molar-refractivity contribution < 1.29 is 38.2 Å². The molecule has 2 fully saturated rings. The van der Waals surface area contributed by atoms with Gasteiger partial charge in [-0.2, -0.15) is 0 Å². The van der Waals surface area contributed by atoms with Crippen molar-refractivity contribution in [1.29, 1.82) is 0 Å². The van der Waals surface area contributed by atoms with Gasteiger partial charge in [0.15, 0.2) is 0 Å². The van der Waals surface area contributed by atoms with E-state index in [-0.39, 0.29) is 41.4 Å². The van der Waals surface area contributed by atoms with E-state index in [0.717, 1.165) is 109 Å². The number of ether oxygens (including phenoxy) is 3. The maximum atomic E-state index is 15.4. The second kappa shape index (κ2) is 35.7. The molecule has 5 heterocycles. The van der Waals surface area contributed by atoms with Crippen molar-refractivity contribution in [3.63, 3.8) is 0 Å². The average Bonchev–Trinajstić information content (AvgIpc) is 1.01. The van der Waals surface area contributed by atoms with Crippen LogP contribution >= 0.6 is 11.6 Å². The molecule has 18 nitrogen and oxygen atoms in total. The molecule has 5 amide bonds. The van der Waals surface area contributed by atoms with E-state index in [1.807, 2.05) is 127 Å². The maximum absolute atomic E-state index is 15.4. The van der Waals surface area contributed by atoms with Crippen LogP contribution in [0.1, 0.15) is 126 Å². The Hall–Kier alpha value is -8.52. The number of aromatic nitrogens is 4. The summed E-state index contributed by atoms with van der Waals surface area (Å²) < 4.78 is 18.2. The van der Waals surface area contributed by atoms with Gasteiger partial charge in [-0.3, -0.25) is 58.6 Å². The summed E-state index contributed by atoms with van der Waals surface area (Å²) in [6, 6.07) is 45.9. The van der Waals surface area contributed by atoms with Crippen LogP contribution in [0, 0.1) is 11.8 Å². The fourth-order valence-corrected chi connectivity index (χ4v) is 13.1. The second-order valence-electron chi connectivity index (χ2n) is 24.8. The number of rotatable bonds is 35. The highest BCUT2D eigenvalue weighted by atomic mass is 35.5. The second-order valence-corrected chi connectivity index (χ2v) is 25.2. The predicted octanol–water partition coefficient (Wildman–Crippen LogP) is 11.0. The lowest BCUT2D eigenvalue weighted by atomic mass is 9.68. The third-order valence-electron chi connectivity index (χ3n) is 17.8. The standard InChI is InChI=1S/C75H87ClN10O8/c76-64-28-26-63(27-29-64)75(32-6-1-7-33-75)74(91)85(51-57-18-22-61(23-19-57)72(89)81-38-42-92-44-45-93-43-39-82-73(90)62-24-20-58(21-25-62)52-86-70(87)30-31-71(86)88)40-12-13-41-94-69-47-59(49-83(53-65-14-2-8-34-77-65)54-66-15-3-9-35-78-66)46-60(48-69)50-84(55-67-16-4-10-36-79-67)56-68-17-5-11-37-80-68/h2-5,8-11,14-19,22-23,26-31,34-37,46-48,58,62H,1,6-7,12-13,20-21,24-25,32-33,38-45,49-56H2,(H,81,89)(H,82,90). The van der Waals surface area contributed by atoms with Gasteiger partial charge in [0.2, 0.25) is 11.8 Å². The van der Waals surface area contributed by atoms with Gasteiger partial charge in [0.25, 0.3) is 17.7 Å². The number of hydrogen-bond acceptors (Lipinski definition) is 14. The molecule has 1 aliphatic heterocycles. The summed E-state index contributed by atoms with van der Waals surface area (Å²) in [6.07, 6.45) is 18.9. The molecule has 0 unspecified atom stereocenters. The van der Waals surface area contributed by atoms with Crippen LogP contribution < -0.4 is 15.4 Å². The van der Waals surface area contributed by atoms with E-state index in [1.54, 1.807) is 0 Å². The van der Waals surface area contributed by atoms with Gasteiger partial charge in [0.1, 0.15) is 5.75 Å². The lowest BCUT2D eigenvalue weighted by Crippen LogP contribution is -2.48. The molecule has 94 heavy (non-hydrogen) atoms. The van der Waals surface area contributed by atoms with Crippen molar-refractivity contribution in [3.8, 4) is 5.75 Å². The summed E-state index contributed by atoms with van der Waals surface area (Å²) in [6.45, 7) is 7.49. The third kappa shape index (κ3) is 20.7. The lowest BCUT2D eigenvalue weighted by Gasteiger charge is -2.40. The number of carbonyl (C=O) groups is 5. The molecule has 19 heteroatoms. The highest BCUT2D eigenvalue weighted by Crippen LogP contribution is 2.42. The van der Waals surface area contributed by atoms with Crippen LogP contribution in [0.5, 0.6) is 5.75 Å². The smallest absolute Gasteiger partial charge is 0.253 e. The van der Waals surface area contributed by atoms with Crippen LogP contribution in [0.2, 0.25) is 5.02 Å². The Balaban J connectivity index is 0.739. The molecule has 0 saturated heterocycles. The zero-order chi connectivity index (χ0) is 65.2. The number of unbranched alkanes of at least 4 members (excludes halogenated alkanes) is 1. The molecular weight excluding hydrogens is 1200 g/mol. The number of amides is 5. The number of nitrogens with one attached hydrogen (secondary N) is 2. The van der Waals surface area contributed by atoms with Crippen LogP contribution in [0.3, 0.4) is 0 Å². The number of pyridine rings is 4. The van der Waals surface area contributed by atoms with E-state index >= 15 is 4.79 Å². The van der Waals surface area contributed by atoms with Gasteiger partial charge in [0.05, 0.1) is 61.2 Å². The van der Waals surface area contributed by atoms with E-state index in [0.29, 0.717) is 128 Å². The molecule has 0 bridgehead atoms. The number of halogens is 1. The predicted molar refractivity (Wildman–Crippen MR) is 360 cm³/mol. The van der Waals surface area contributed by atoms with E-state index in [9.17, 15) is 19.2 Å². The molecule has 7 aromatic rings. The molecule has 0 radical (unpaired) electrons. The van der Waals surface area contributed by atoms with Crippen molar-refractivity contribution in [2.24, 2.45) is 11.8 Å². The van der Waals surface area contributed by atoms with E-state index in [2.05, 4.69) is 82.8 Å². The third-order valence-corrected chi connectivity index (χ3v) is 18.0. The minimum atomic E-state index is -0.688. The summed E-state index contributed by atoms with van der Waals surface area (Å²) in [5.41, 5.74) is 7.80. The monoisotopic (exact) mass is 1290 g/mol. The number of hydrogen-bond donors (Lipinski definition) is 2. The highest BCUT2D eigenvalue weighted by Gasteiger charge is 2.43. The van der Waals surface area contributed by atoms with E-state index in [4.69, 9.17) is 25.8 Å². The molecule has 492 valence electrons. The summed E-state index contributed by atoms with van der Waals surface area (Å²) in [4.78, 5) is 92.2. The highest BCUT2D eigenvalue weighted by molar-refractivity contribution is 6.30. The number of benzene rings is 3. The molecule has 3 aliphatic rings. The van der Waals surface area contributed by atoms with Gasteiger partial charge in [-0.1, -0.05) is 85.5 Å². The Morgan fingerprint density at radius 1 is 0.543 bits per heavy atom. The zero-order valence-corrected chi connectivity index (χ0v) is 54.5. The first-order valence-corrected chi connectivity index (χ1v) is 33.6. The summed E-state index contributed by atoms with van der Waals surface area (Å²) in [7, 11) is 0. The van der Waals surface area contributed by atoms with Crippen LogP contribution in [0.4, 0.5) is 0 Å². The topological polar surface area (TPSA) is 202 Å². The molecule has 2 saturated carbocycles. The Labute approximate surface area is 557 Å². The largest absolute Gasteiger partial charge is 0.494 e. The van der Waals surface area contributed by atoms with Gasteiger partial charge < -0.3 is 29.7 Å². The average molecular weight is 1290 g/mol. The summed E-state index contributed by atoms with van der Waals surface area (Å²) >= 11 is 6.44. The van der Waals surface area contributed by atoms with Crippen molar-refractivity contribution in [2.75, 3.05) is 59.2 Å². The summed E-state index contributed by atoms with van der Waals surface area (Å²) in [5.74, 6) is 0.244. The quantitative estimate of drug-likeness (QED) is 0.0281. The van der Waals surface area contributed by atoms with Crippen molar-refractivity contribution >= 4 is 41.1 Å². The first-order chi connectivity index (χ1) is 46.0. The molecule has 0 spiro atoms. The Kier molecular flexibility index (Phi) is 25.9. The van der Waals surface area contributed by atoms with Gasteiger partial charge >= 0.3 is 0 Å². The van der Waals surface area contributed by atoms with Crippen molar-refractivity contribution in [1.82, 2.24) is 50.2 Å². The Morgan fingerprint density at radius 3 is 1.57 bits per heavy atom. The van der Waals surface area contributed by atoms with Crippen LogP contribution in [-0.2, 0) is 79.9 Å². The van der Waals surface area contributed by atoms with Crippen molar-refractivity contribution in [2.45, 2.75) is 122 Å². The fraction of sp³-hybridized carbons (Fsp3) is 0.400. The zero-order valence-electron chi connectivity index (χ0n) is 53.7. The van der Waals surface area contributed by atoms with Gasteiger partial charge in [0, 0.05) is 125 Å². The SMILES string of the molecule is O=C(NCCOCCOCCNC(=O)C1CCC(CN2C(=O)C=CC2=O)CC1)c1ccc(CN(CCCCOc2cc(CN(Cc3ccccn3)Cc3ccccn3)cc(CN(Cc3ccccn3)Cc3ccccn3)c2)C(=O)C2(c3ccc(Cl)cc3)CCCCC2)cc1. The first-order valence-electron chi connectivity index (χ1n) is 33.2. The number of imide groups is 1. The lowest BCUT2D eigenvalue weighted by molar-refractivity contribution is -0.140. The number of nitrogens with zero attached hydrogens (tertiary/aromatic N) is 8. The Morgan fingerprint density at radius 2 is 1.06 bits per heavy atom. The maximum Gasteiger partial charge on any atom is 0.253 e. The van der Waals surface area contributed by atoms with E-state index < -0.39 is 5.41 Å². The minimum Gasteiger partial charge on any atom is -0.494 e. The van der Waals surface area contributed by atoms with Crippen molar-refractivity contribution in [3.05, 3.63) is 232 Å². The molecule has 3 aromatic carbocycles. The fourth-order valence-electron chi connectivity index (χ4n) is 12.9. The molecular formula is C75H87ClN10O8. The van der Waals surface area contributed by atoms with Crippen LogP contribution in [-0.4, -0.2) is 128 Å². The molecule has 2 aliphatic carbocycles. The molecule has 10 rings (SSSR count). The number of carbonyl (C=O) groups excluding carboxylic acids is 5. The molecule has 0 atom stereocenters. The van der Waals surface area contributed by atoms with Gasteiger partial charge in [-0.05, 0) is 164 Å².